The predicted octanol–water partition coefficient (Wildman–Crippen LogP) is 5.01. The maximum absolute atomic E-state index is 12.4. The van der Waals surface area contributed by atoms with Crippen molar-refractivity contribution in [1.29, 1.82) is 0 Å². The van der Waals surface area contributed by atoms with Crippen LogP contribution in [-0.4, -0.2) is 18.7 Å². The van der Waals surface area contributed by atoms with Gasteiger partial charge in [-0.15, -0.1) is 0 Å². The number of halogens is 1. The third-order valence-corrected chi connectivity index (χ3v) is 5.19. The minimum absolute atomic E-state index is 0.195. The zero-order chi connectivity index (χ0) is 16.0. The van der Waals surface area contributed by atoms with Gasteiger partial charge in [-0.05, 0) is 46.6 Å². The number of nitrogens with zero attached hydrogens (tertiary/aromatic N) is 1. The van der Waals surface area contributed by atoms with Gasteiger partial charge < -0.3 is 13.8 Å². The van der Waals surface area contributed by atoms with Crippen LogP contribution in [0.4, 0.5) is 0 Å². The van der Waals surface area contributed by atoms with E-state index in [0.717, 1.165) is 5.56 Å². The zero-order valence-electron chi connectivity index (χ0n) is 12.4. The fourth-order valence-corrected chi connectivity index (χ4v) is 3.55. The average molecular weight is 386 g/mol. The van der Waals surface area contributed by atoms with Crippen molar-refractivity contribution < 1.29 is 18.3 Å². The van der Waals surface area contributed by atoms with Gasteiger partial charge in [0.2, 0.25) is 5.88 Å². The van der Waals surface area contributed by atoms with E-state index in [9.17, 15) is 4.57 Å². The zero-order valence-corrected chi connectivity index (χ0v) is 14.8. The predicted molar refractivity (Wildman–Crippen MR) is 88.4 cm³/mol. The molecule has 0 N–H and O–H groups in total. The van der Waals surface area contributed by atoms with Crippen LogP contribution >= 0.6 is 23.5 Å². The third-order valence-electron chi connectivity index (χ3n) is 2.79. The van der Waals surface area contributed by atoms with E-state index in [-0.39, 0.29) is 6.16 Å². The van der Waals surface area contributed by atoms with E-state index in [4.69, 9.17) is 13.8 Å². The van der Waals surface area contributed by atoms with E-state index < -0.39 is 7.60 Å². The molecule has 0 saturated carbocycles. The van der Waals surface area contributed by atoms with E-state index in [1.54, 1.807) is 19.1 Å². The number of hydrogen-bond acceptors (Lipinski definition) is 5. The number of aromatic nitrogens is 1. The molecule has 2 rings (SSSR count). The molecule has 0 aliphatic heterocycles. The second-order valence-corrected chi connectivity index (χ2v) is 7.39. The summed E-state index contributed by atoms with van der Waals surface area (Å²) in [6.07, 6.45) is 0.195. The molecule has 0 spiro atoms. The summed E-state index contributed by atoms with van der Waals surface area (Å²) in [6.45, 7) is 2.12. The minimum atomic E-state index is -3.11. The fourth-order valence-electron chi connectivity index (χ4n) is 1.86. The molecule has 0 amide bonds. The van der Waals surface area contributed by atoms with Crippen LogP contribution < -0.4 is 4.74 Å². The Labute approximate surface area is 138 Å². The van der Waals surface area contributed by atoms with E-state index in [1.165, 1.54) is 7.11 Å². The molecule has 0 aliphatic rings. The summed E-state index contributed by atoms with van der Waals surface area (Å²) in [6, 6.07) is 12.7. The Morgan fingerprint density at radius 2 is 2.00 bits per heavy atom. The highest BCUT2D eigenvalue weighted by Crippen LogP contribution is 2.50. The molecular formula is C15H17BrNO4P. The monoisotopic (exact) mass is 385 g/mol. The van der Waals surface area contributed by atoms with E-state index in [0.29, 0.717) is 22.8 Å². The van der Waals surface area contributed by atoms with Gasteiger partial charge in [0, 0.05) is 13.2 Å². The number of benzene rings is 1. The summed E-state index contributed by atoms with van der Waals surface area (Å²) in [7, 11) is -1.72. The Kier molecular flexibility index (Phi) is 6.15. The first-order valence-electron chi connectivity index (χ1n) is 6.73. The molecule has 5 nitrogen and oxygen atoms in total. The van der Waals surface area contributed by atoms with E-state index in [2.05, 4.69) is 20.9 Å². The van der Waals surface area contributed by atoms with Gasteiger partial charge in [-0.3, -0.25) is 4.57 Å². The maximum Gasteiger partial charge on any atom is 0.334 e. The van der Waals surface area contributed by atoms with Crippen LogP contribution in [0.1, 0.15) is 12.5 Å². The summed E-state index contributed by atoms with van der Waals surface area (Å²) in [4.78, 5) is 4.21. The molecule has 0 fully saturated rings. The summed E-state index contributed by atoms with van der Waals surface area (Å²) in [5.74, 6) is 1.09. The van der Waals surface area contributed by atoms with Gasteiger partial charge in [0.25, 0.3) is 0 Å². The first kappa shape index (κ1) is 17.2. The van der Waals surface area contributed by atoms with Crippen LogP contribution in [-0.2, 0) is 19.8 Å². The summed E-state index contributed by atoms with van der Waals surface area (Å²) >= 11 is 3.30. The molecule has 1 heterocycles. The molecule has 118 valence electrons. The quantitative estimate of drug-likeness (QED) is 0.495. The van der Waals surface area contributed by atoms with Crippen LogP contribution in [0.5, 0.6) is 11.6 Å². The summed E-state index contributed by atoms with van der Waals surface area (Å²) in [5, 5.41) is 0. The highest BCUT2D eigenvalue weighted by Gasteiger charge is 2.23. The topological polar surface area (TPSA) is 57.7 Å². The summed E-state index contributed by atoms with van der Waals surface area (Å²) in [5.41, 5.74) is 0.811. The van der Waals surface area contributed by atoms with Gasteiger partial charge in [0.05, 0.1) is 12.8 Å². The second kappa shape index (κ2) is 7.88. The highest BCUT2D eigenvalue weighted by molar-refractivity contribution is 9.10. The average Bonchev–Trinajstić information content (AvgIpc) is 2.48. The van der Waals surface area contributed by atoms with Crippen molar-refractivity contribution in [3.8, 4) is 11.6 Å². The standard InChI is InChI=1S/C15H17BrNO4P/c1-3-20-22(18,19-2)11-12-6-4-7-13(10-12)21-15-9-5-8-14(16)17-15/h4-10H,3,11H2,1-2H3. The third kappa shape index (κ3) is 4.92. The molecule has 0 aliphatic carbocycles. The lowest BCUT2D eigenvalue weighted by Gasteiger charge is -2.15. The molecule has 0 radical (unpaired) electrons. The van der Waals surface area contributed by atoms with Crippen LogP contribution in [0, 0.1) is 0 Å². The molecule has 2 aromatic rings. The molecule has 0 saturated heterocycles. The van der Waals surface area contributed by atoms with Gasteiger partial charge in [-0.25, -0.2) is 4.98 Å². The minimum Gasteiger partial charge on any atom is -0.439 e. The van der Waals surface area contributed by atoms with Crippen molar-refractivity contribution in [3.05, 3.63) is 52.6 Å². The Bertz CT molecular complexity index is 680. The van der Waals surface area contributed by atoms with Gasteiger partial charge >= 0.3 is 7.60 Å². The van der Waals surface area contributed by atoms with Crippen molar-refractivity contribution in [2.45, 2.75) is 13.1 Å². The number of hydrogen-bond donors (Lipinski definition) is 0. The smallest absolute Gasteiger partial charge is 0.334 e. The molecular weight excluding hydrogens is 369 g/mol. The normalized spacial score (nSPS) is 13.6. The van der Waals surface area contributed by atoms with Crippen LogP contribution in [0.2, 0.25) is 0 Å². The summed E-state index contributed by atoms with van der Waals surface area (Å²) < 4.78 is 29.0. The molecule has 1 unspecified atom stereocenters. The lowest BCUT2D eigenvalue weighted by molar-refractivity contribution is 0.243. The van der Waals surface area contributed by atoms with Crippen LogP contribution in [0.25, 0.3) is 0 Å². The number of pyridine rings is 1. The highest BCUT2D eigenvalue weighted by atomic mass is 79.9. The SMILES string of the molecule is CCOP(=O)(Cc1cccc(Oc2cccc(Br)n2)c1)OC. The molecule has 22 heavy (non-hydrogen) atoms. The van der Waals surface area contributed by atoms with Crippen molar-refractivity contribution in [1.82, 2.24) is 4.98 Å². The number of rotatable bonds is 7. The lowest BCUT2D eigenvalue weighted by atomic mass is 10.2. The first-order chi connectivity index (χ1) is 10.5. The van der Waals surface area contributed by atoms with Crippen LogP contribution in [0.3, 0.4) is 0 Å². The number of ether oxygens (including phenoxy) is 1. The second-order valence-electron chi connectivity index (χ2n) is 4.42. The van der Waals surface area contributed by atoms with Crippen LogP contribution in [0.15, 0.2) is 47.1 Å². The van der Waals surface area contributed by atoms with E-state index >= 15 is 0 Å². The van der Waals surface area contributed by atoms with E-state index in [1.807, 2.05) is 30.3 Å². The first-order valence-corrected chi connectivity index (χ1v) is 9.25. The molecule has 1 aromatic heterocycles. The van der Waals surface area contributed by atoms with Crippen molar-refractivity contribution in [3.63, 3.8) is 0 Å². The molecule has 1 atom stereocenters. The lowest BCUT2D eigenvalue weighted by Crippen LogP contribution is -1.97. The van der Waals surface area contributed by atoms with Gasteiger partial charge in [0.15, 0.2) is 0 Å². The maximum atomic E-state index is 12.4. The van der Waals surface area contributed by atoms with Gasteiger partial charge in [-0.2, -0.15) is 0 Å². The van der Waals surface area contributed by atoms with Gasteiger partial charge in [-0.1, -0.05) is 18.2 Å². The molecule has 0 bridgehead atoms. The van der Waals surface area contributed by atoms with Crippen molar-refractivity contribution >= 4 is 23.5 Å². The van der Waals surface area contributed by atoms with Gasteiger partial charge in [0.1, 0.15) is 10.4 Å². The Morgan fingerprint density at radius 1 is 1.23 bits per heavy atom. The molecule has 1 aromatic carbocycles. The van der Waals surface area contributed by atoms with Crippen molar-refractivity contribution in [2.75, 3.05) is 13.7 Å². The Morgan fingerprint density at radius 3 is 2.68 bits per heavy atom. The fraction of sp³-hybridized carbons (Fsp3) is 0.267. The molecule has 7 heteroatoms. The largest absolute Gasteiger partial charge is 0.439 e. The Hall–Kier alpha value is -1.20. The Balaban J connectivity index is 2.14. The van der Waals surface area contributed by atoms with Crippen molar-refractivity contribution in [2.24, 2.45) is 0 Å².